The Morgan fingerprint density at radius 1 is 1.46 bits per heavy atom. The molecule has 0 spiro atoms. The topological polar surface area (TPSA) is 53.6 Å². The molecule has 4 heteroatoms. The minimum atomic E-state index is 0.518. The Labute approximate surface area is 79.2 Å². The van der Waals surface area contributed by atoms with Gasteiger partial charge in [-0.25, -0.2) is 0 Å². The van der Waals surface area contributed by atoms with Crippen LogP contribution in [0.15, 0.2) is 4.99 Å². The summed E-state index contributed by atoms with van der Waals surface area (Å²) < 4.78 is 0. The molecule has 0 radical (unpaired) electrons. The van der Waals surface area contributed by atoms with Crippen LogP contribution < -0.4 is 11.1 Å². The van der Waals surface area contributed by atoms with Gasteiger partial charge in [0.1, 0.15) is 0 Å². The zero-order valence-corrected chi connectivity index (χ0v) is 8.16. The van der Waals surface area contributed by atoms with E-state index in [2.05, 4.69) is 15.2 Å². The van der Waals surface area contributed by atoms with E-state index in [-0.39, 0.29) is 0 Å². The molecule has 13 heavy (non-hydrogen) atoms. The van der Waals surface area contributed by atoms with Crippen molar-refractivity contribution in [1.82, 2.24) is 10.2 Å². The third kappa shape index (κ3) is 2.12. The number of hydrogen-bond donors (Lipinski definition) is 2. The Morgan fingerprint density at radius 3 is 2.85 bits per heavy atom. The Kier molecular flexibility index (Phi) is 2.40. The molecular weight excluding hydrogens is 164 g/mol. The van der Waals surface area contributed by atoms with E-state index >= 15 is 0 Å². The fourth-order valence-electron chi connectivity index (χ4n) is 1.95. The SMILES string of the molecule is CN=C(N)NC1CCN(C2CC2)C1. The molecular formula is C9H18N4. The van der Waals surface area contributed by atoms with Crippen LogP contribution in [0.5, 0.6) is 0 Å². The molecule has 1 atom stereocenters. The molecule has 0 aromatic heterocycles. The van der Waals surface area contributed by atoms with Crippen LogP contribution in [0.4, 0.5) is 0 Å². The van der Waals surface area contributed by atoms with Gasteiger partial charge in [0.2, 0.25) is 0 Å². The number of nitrogens with zero attached hydrogens (tertiary/aromatic N) is 2. The zero-order valence-electron chi connectivity index (χ0n) is 8.16. The lowest BCUT2D eigenvalue weighted by Crippen LogP contribution is -2.41. The predicted molar refractivity (Wildman–Crippen MR) is 53.7 cm³/mol. The highest BCUT2D eigenvalue weighted by molar-refractivity contribution is 5.77. The summed E-state index contributed by atoms with van der Waals surface area (Å²) in [5, 5.41) is 3.23. The van der Waals surface area contributed by atoms with Gasteiger partial charge in [-0.1, -0.05) is 0 Å². The van der Waals surface area contributed by atoms with Gasteiger partial charge in [-0.2, -0.15) is 0 Å². The Hall–Kier alpha value is -0.770. The Morgan fingerprint density at radius 2 is 2.23 bits per heavy atom. The first-order chi connectivity index (χ1) is 6.29. The molecule has 2 aliphatic rings. The van der Waals surface area contributed by atoms with E-state index in [9.17, 15) is 0 Å². The van der Waals surface area contributed by atoms with Crippen LogP contribution in [0.1, 0.15) is 19.3 Å². The number of nitrogens with two attached hydrogens (primary N) is 1. The van der Waals surface area contributed by atoms with Gasteiger partial charge in [0, 0.05) is 32.2 Å². The number of guanidine groups is 1. The number of nitrogens with one attached hydrogen (secondary N) is 1. The van der Waals surface area contributed by atoms with Crippen LogP contribution in [0.3, 0.4) is 0 Å². The van der Waals surface area contributed by atoms with Gasteiger partial charge in [-0.3, -0.25) is 9.89 Å². The zero-order chi connectivity index (χ0) is 9.26. The highest BCUT2D eigenvalue weighted by atomic mass is 15.2. The summed E-state index contributed by atoms with van der Waals surface area (Å²) in [6.07, 6.45) is 3.99. The predicted octanol–water partition coefficient (Wildman–Crippen LogP) is -0.243. The van der Waals surface area contributed by atoms with E-state index in [1.807, 2.05) is 0 Å². The van der Waals surface area contributed by atoms with Gasteiger partial charge in [0.05, 0.1) is 0 Å². The van der Waals surface area contributed by atoms with Crippen LogP contribution in [0.2, 0.25) is 0 Å². The quantitative estimate of drug-likeness (QED) is 0.457. The molecule has 74 valence electrons. The molecule has 2 fully saturated rings. The summed E-state index contributed by atoms with van der Waals surface area (Å²) >= 11 is 0. The van der Waals surface area contributed by atoms with Crippen molar-refractivity contribution < 1.29 is 0 Å². The second-order valence-electron chi connectivity index (χ2n) is 3.96. The molecule has 1 aliphatic carbocycles. The molecule has 0 aromatic rings. The summed E-state index contributed by atoms with van der Waals surface area (Å²) in [5.74, 6) is 0.572. The monoisotopic (exact) mass is 182 g/mol. The third-order valence-electron chi connectivity index (χ3n) is 2.88. The standard InChI is InChI=1S/C9H18N4/c1-11-9(10)12-7-4-5-13(6-7)8-2-3-8/h7-8H,2-6H2,1H3,(H3,10,11,12). The van der Waals surface area contributed by atoms with Crippen LogP contribution in [0, 0.1) is 0 Å². The van der Waals surface area contributed by atoms with E-state index < -0.39 is 0 Å². The van der Waals surface area contributed by atoms with Crippen molar-refractivity contribution in [3.8, 4) is 0 Å². The summed E-state index contributed by atoms with van der Waals surface area (Å²) in [6.45, 7) is 2.36. The van der Waals surface area contributed by atoms with E-state index in [0.29, 0.717) is 12.0 Å². The van der Waals surface area contributed by atoms with Gasteiger partial charge in [0.15, 0.2) is 5.96 Å². The van der Waals surface area contributed by atoms with Crippen molar-refractivity contribution in [2.24, 2.45) is 10.7 Å². The molecule has 4 nitrogen and oxygen atoms in total. The molecule has 1 saturated carbocycles. The number of rotatable bonds is 2. The molecule has 0 bridgehead atoms. The molecule has 1 aliphatic heterocycles. The average Bonchev–Trinajstić information content (AvgIpc) is 2.88. The second kappa shape index (κ2) is 3.54. The van der Waals surface area contributed by atoms with Crippen molar-refractivity contribution in [3.05, 3.63) is 0 Å². The average molecular weight is 182 g/mol. The van der Waals surface area contributed by atoms with Crippen molar-refractivity contribution in [3.63, 3.8) is 0 Å². The Bertz CT molecular complexity index is 210. The van der Waals surface area contributed by atoms with Crippen LogP contribution >= 0.6 is 0 Å². The molecule has 1 saturated heterocycles. The van der Waals surface area contributed by atoms with Gasteiger partial charge < -0.3 is 11.1 Å². The maximum Gasteiger partial charge on any atom is 0.188 e. The summed E-state index contributed by atoms with van der Waals surface area (Å²) in [4.78, 5) is 6.46. The van der Waals surface area contributed by atoms with Crippen LogP contribution in [0.25, 0.3) is 0 Å². The smallest absolute Gasteiger partial charge is 0.188 e. The van der Waals surface area contributed by atoms with Gasteiger partial charge >= 0.3 is 0 Å². The van der Waals surface area contributed by atoms with Crippen molar-refractivity contribution in [2.45, 2.75) is 31.3 Å². The summed E-state index contributed by atoms with van der Waals surface area (Å²) in [5.41, 5.74) is 5.61. The largest absolute Gasteiger partial charge is 0.370 e. The number of hydrogen-bond acceptors (Lipinski definition) is 2. The first-order valence-electron chi connectivity index (χ1n) is 5.02. The van der Waals surface area contributed by atoms with Crippen LogP contribution in [-0.2, 0) is 0 Å². The minimum absolute atomic E-state index is 0.518. The van der Waals surface area contributed by atoms with Crippen LogP contribution in [-0.4, -0.2) is 43.1 Å². The van der Waals surface area contributed by atoms with Gasteiger partial charge in [-0.15, -0.1) is 0 Å². The highest BCUT2D eigenvalue weighted by Gasteiger charge is 2.34. The number of aliphatic imine (C=N–C) groups is 1. The lowest BCUT2D eigenvalue weighted by atomic mass is 10.3. The normalized spacial score (nSPS) is 30.8. The minimum Gasteiger partial charge on any atom is -0.370 e. The highest BCUT2D eigenvalue weighted by Crippen LogP contribution is 2.29. The van der Waals surface area contributed by atoms with E-state index in [4.69, 9.17) is 5.73 Å². The molecule has 0 aromatic carbocycles. The fourth-order valence-corrected chi connectivity index (χ4v) is 1.95. The molecule has 1 heterocycles. The summed E-state index contributed by atoms with van der Waals surface area (Å²) in [7, 11) is 1.72. The fraction of sp³-hybridized carbons (Fsp3) is 0.889. The first-order valence-corrected chi connectivity index (χ1v) is 5.02. The van der Waals surface area contributed by atoms with Crippen molar-refractivity contribution >= 4 is 5.96 Å². The second-order valence-corrected chi connectivity index (χ2v) is 3.96. The number of likely N-dealkylation sites (tertiary alicyclic amines) is 1. The lowest BCUT2D eigenvalue weighted by Gasteiger charge is -2.15. The molecule has 3 N–H and O–H groups in total. The summed E-state index contributed by atoms with van der Waals surface area (Å²) in [6, 6.07) is 1.40. The van der Waals surface area contributed by atoms with Crippen molar-refractivity contribution in [1.29, 1.82) is 0 Å². The lowest BCUT2D eigenvalue weighted by molar-refractivity contribution is 0.321. The van der Waals surface area contributed by atoms with E-state index in [1.54, 1.807) is 7.05 Å². The van der Waals surface area contributed by atoms with Crippen molar-refractivity contribution in [2.75, 3.05) is 20.1 Å². The van der Waals surface area contributed by atoms with Gasteiger partial charge in [0.25, 0.3) is 0 Å². The molecule has 1 unspecified atom stereocenters. The maximum atomic E-state index is 5.61. The van der Waals surface area contributed by atoms with Gasteiger partial charge in [-0.05, 0) is 19.3 Å². The Balaban J connectivity index is 1.77. The first kappa shape index (κ1) is 8.81. The maximum absolute atomic E-state index is 5.61. The molecule has 0 amide bonds. The molecule has 2 rings (SSSR count). The third-order valence-corrected chi connectivity index (χ3v) is 2.88. The van der Waals surface area contributed by atoms with E-state index in [0.717, 1.165) is 12.6 Å². The van der Waals surface area contributed by atoms with E-state index in [1.165, 1.54) is 25.8 Å².